The van der Waals surface area contributed by atoms with Gasteiger partial charge in [-0.3, -0.25) is 0 Å². The Labute approximate surface area is 125 Å². The van der Waals surface area contributed by atoms with E-state index in [4.69, 9.17) is 11.6 Å². The zero-order valence-corrected chi connectivity index (χ0v) is 13.3. The first-order valence-corrected chi connectivity index (χ1v) is 7.85. The molecule has 2 rings (SSSR count). The number of thiophene rings is 1. The molecule has 1 heterocycles. The van der Waals surface area contributed by atoms with Gasteiger partial charge in [0.15, 0.2) is 0 Å². The van der Waals surface area contributed by atoms with E-state index in [0.29, 0.717) is 17.0 Å². The molecule has 0 aliphatic heterocycles. The molecule has 0 N–H and O–H groups in total. The van der Waals surface area contributed by atoms with Crippen LogP contribution in [0.4, 0.5) is 4.39 Å². The van der Waals surface area contributed by atoms with Crippen LogP contribution in [0.25, 0.3) is 0 Å². The molecule has 5 heteroatoms. The van der Waals surface area contributed by atoms with Crippen LogP contribution in [0.3, 0.4) is 0 Å². The van der Waals surface area contributed by atoms with E-state index in [0.717, 1.165) is 9.35 Å². The lowest BCUT2D eigenvalue weighted by molar-refractivity contribution is 0.608. The van der Waals surface area contributed by atoms with Gasteiger partial charge in [-0.1, -0.05) is 33.6 Å². The Morgan fingerprint density at radius 3 is 2.76 bits per heavy atom. The number of alkyl halides is 1. The third kappa shape index (κ3) is 3.31. The average Bonchev–Trinajstić information content (AvgIpc) is 2.70. The van der Waals surface area contributed by atoms with Gasteiger partial charge in [-0.25, -0.2) is 4.39 Å². The van der Waals surface area contributed by atoms with E-state index < -0.39 is 0 Å². The van der Waals surface area contributed by atoms with Crippen molar-refractivity contribution >= 4 is 54.8 Å². The Morgan fingerprint density at radius 2 is 2.18 bits per heavy atom. The largest absolute Gasteiger partial charge is 0.207 e. The molecule has 2 aromatic rings. The Morgan fingerprint density at radius 1 is 1.41 bits per heavy atom. The Bertz CT molecular complexity index is 507. The summed E-state index contributed by atoms with van der Waals surface area (Å²) >= 11 is 14.6. The molecule has 1 atom stereocenters. The quantitative estimate of drug-likeness (QED) is 0.558. The number of rotatable bonds is 3. The zero-order valence-electron chi connectivity index (χ0n) is 8.59. The molecule has 17 heavy (non-hydrogen) atoms. The summed E-state index contributed by atoms with van der Waals surface area (Å²) in [5.74, 6) is -0.253. The lowest BCUT2D eigenvalue weighted by Crippen LogP contribution is -1.98. The first-order valence-electron chi connectivity index (χ1n) is 4.89. The third-order valence-electron chi connectivity index (χ3n) is 2.39. The van der Waals surface area contributed by atoms with Crippen molar-refractivity contribution in [2.24, 2.45) is 0 Å². The number of benzene rings is 1. The van der Waals surface area contributed by atoms with Crippen LogP contribution >= 0.6 is 54.8 Å². The van der Waals surface area contributed by atoms with Crippen molar-refractivity contribution in [3.05, 3.63) is 55.4 Å². The molecule has 0 bridgehead atoms. The van der Waals surface area contributed by atoms with Crippen LogP contribution in [-0.2, 0) is 6.42 Å². The van der Waals surface area contributed by atoms with E-state index in [1.807, 2.05) is 11.4 Å². The van der Waals surface area contributed by atoms with Crippen molar-refractivity contribution in [3.8, 4) is 0 Å². The summed E-state index contributed by atoms with van der Waals surface area (Å²) < 4.78 is 14.7. The fourth-order valence-electron chi connectivity index (χ4n) is 1.51. The maximum Gasteiger partial charge on any atom is 0.127 e. The van der Waals surface area contributed by atoms with Gasteiger partial charge in [0.2, 0.25) is 0 Å². The van der Waals surface area contributed by atoms with Gasteiger partial charge in [0.25, 0.3) is 0 Å². The van der Waals surface area contributed by atoms with Crippen LogP contribution in [0.5, 0.6) is 0 Å². The Kier molecular flexibility index (Phi) is 4.64. The average molecular weight is 399 g/mol. The van der Waals surface area contributed by atoms with Crippen LogP contribution < -0.4 is 0 Å². The van der Waals surface area contributed by atoms with Crippen molar-refractivity contribution in [3.63, 3.8) is 0 Å². The fourth-order valence-corrected chi connectivity index (χ4v) is 3.75. The van der Waals surface area contributed by atoms with Gasteiger partial charge in [0.1, 0.15) is 5.82 Å². The van der Waals surface area contributed by atoms with E-state index in [-0.39, 0.29) is 10.6 Å². The first-order chi connectivity index (χ1) is 8.08. The second-order valence-electron chi connectivity index (χ2n) is 3.56. The van der Waals surface area contributed by atoms with E-state index in [1.54, 1.807) is 23.5 Å². The van der Waals surface area contributed by atoms with Crippen LogP contribution in [0.15, 0.2) is 33.4 Å². The summed E-state index contributed by atoms with van der Waals surface area (Å²) in [4.78, 5) is 0.0689. The molecule has 0 spiro atoms. The van der Waals surface area contributed by atoms with Crippen LogP contribution in [0.1, 0.15) is 16.0 Å². The molecule has 0 amide bonds. The lowest BCUT2D eigenvalue weighted by Gasteiger charge is -2.10. The summed E-state index contributed by atoms with van der Waals surface area (Å²) in [6.07, 6.45) is 0.536. The standard InChI is InChI=1S/C12H8Br2ClFS/c13-9(7-4-12(14)17-6-7)5-8-10(15)2-1-3-11(8)16/h1-4,6,9H,5H2. The van der Waals surface area contributed by atoms with Gasteiger partial charge in [-0.2, -0.15) is 0 Å². The highest BCUT2D eigenvalue weighted by Crippen LogP contribution is 2.34. The maximum atomic E-state index is 13.6. The second-order valence-corrected chi connectivity index (χ2v) is 7.36. The highest BCUT2D eigenvalue weighted by molar-refractivity contribution is 9.11. The summed E-state index contributed by atoms with van der Waals surface area (Å²) in [6, 6.07) is 6.79. The second kappa shape index (κ2) is 5.83. The zero-order chi connectivity index (χ0) is 12.4. The van der Waals surface area contributed by atoms with E-state index in [9.17, 15) is 4.39 Å². The van der Waals surface area contributed by atoms with Gasteiger partial charge < -0.3 is 0 Å². The predicted molar refractivity (Wildman–Crippen MR) is 78.8 cm³/mol. The molecule has 0 aliphatic carbocycles. The van der Waals surface area contributed by atoms with Gasteiger partial charge in [-0.05, 0) is 51.5 Å². The van der Waals surface area contributed by atoms with Crippen LogP contribution in [0.2, 0.25) is 5.02 Å². The summed E-state index contributed by atoms with van der Waals surface area (Å²) in [6.45, 7) is 0. The minimum atomic E-state index is -0.253. The number of hydrogen-bond acceptors (Lipinski definition) is 1. The molecular formula is C12H8Br2ClFS. The molecule has 1 aromatic heterocycles. The fraction of sp³-hybridized carbons (Fsp3) is 0.167. The first kappa shape index (κ1) is 13.5. The molecule has 1 unspecified atom stereocenters. The molecule has 1 aromatic carbocycles. The Balaban J connectivity index is 2.21. The molecule has 0 fully saturated rings. The predicted octanol–water partition coefficient (Wildman–Crippen LogP) is 5.98. The van der Waals surface area contributed by atoms with E-state index >= 15 is 0 Å². The van der Waals surface area contributed by atoms with Crippen molar-refractivity contribution in [2.45, 2.75) is 11.2 Å². The number of hydrogen-bond donors (Lipinski definition) is 0. The topological polar surface area (TPSA) is 0 Å². The summed E-state index contributed by atoms with van der Waals surface area (Å²) in [7, 11) is 0. The summed E-state index contributed by atoms with van der Waals surface area (Å²) in [5.41, 5.74) is 1.68. The van der Waals surface area contributed by atoms with Gasteiger partial charge in [-0.15, -0.1) is 11.3 Å². The lowest BCUT2D eigenvalue weighted by atomic mass is 10.1. The molecule has 90 valence electrons. The van der Waals surface area contributed by atoms with Crippen molar-refractivity contribution in [2.75, 3.05) is 0 Å². The van der Waals surface area contributed by atoms with E-state index in [2.05, 4.69) is 31.9 Å². The third-order valence-corrected chi connectivity index (χ3v) is 5.12. The molecule has 0 nitrogen and oxygen atoms in total. The minimum Gasteiger partial charge on any atom is -0.207 e. The monoisotopic (exact) mass is 396 g/mol. The smallest absolute Gasteiger partial charge is 0.127 e. The maximum absolute atomic E-state index is 13.6. The van der Waals surface area contributed by atoms with Crippen LogP contribution in [-0.4, -0.2) is 0 Å². The Hall–Kier alpha value is 0.1000. The summed E-state index contributed by atoms with van der Waals surface area (Å²) in [5, 5.41) is 2.52. The molecule has 0 saturated heterocycles. The number of halogens is 4. The molecular weight excluding hydrogens is 390 g/mol. The van der Waals surface area contributed by atoms with Crippen LogP contribution in [0, 0.1) is 5.82 Å². The van der Waals surface area contributed by atoms with E-state index in [1.165, 1.54) is 6.07 Å². The molecule has 0 radical (unpaired) electrons. The van der Waals surface area contributed by atoms with Crippen molar-refractivity contribution < 1.29 is 4.39 Å². The highest BCUT2D eigenvalue weighted by Gasteiger charge is 2.15. The van der Waals surface area contributed by atoms with Crippen molar-refractivity contribution in [1.29, 1.82) is 0 Å². The minimum absolute atomic E-state index is 0.0689. The van der Waals surface area contributed by atoms with Gasteiger partial charge >= 0.3 is 0 Å². The highest BCUT2D eigenvalue weighted by atomic mass is 79.9. The SMILES string of the molecule is Fc1cccc(Cl)c1CC(Br)c1csc(Br)c1. The van der Waals surface area contributed by atoms with Gasteiger partial charge in [0.05, 0.1) is 3.79 Å². The molecule has 0 aliphatic rings. The normalized spacial score (nSPS) is 12.7. The van der Waals surface area contributed by atoms with Gasteiger partial charge in [0, 0.05) is 15.4 Å². The molecule has 0 saturated carbocycles. The van der Waals surface area contributed by atoms with Crippen molar-refractivity contribution in [1.82, 2.24) is 0 Å².